The minimum absolute atomic E-state index is 0.0328. The highest BCUT2D eigenvalue weighted by molar-refractivity contribution is 6.34. The molecular formula is C14H16ClN3O. The van der Waals surface area contributed by atoms with E-state index in [2.05, 4.69) is 18.3 Å². The molecule has 1 fully saturated rings. The van der Waals surface area contributed by atoms with Crippen molar-refractivity contribution in [1.29, 1.82) is 5.26 Å². The van der Waals surface area contributed by atoms with Gasteiger partial charge in [-0.25, -0.2) is 0 Å². The van der Waals surface area contributed by atoms with Gasteiger partial charge in [0.25, 0.3) is 0 Å². The minimum Gasteiger partial charge on any atom is -0.309 e. The van der Waals surface area contributed by atoms with Gasteiger partial charge in [0.1, 0.15) is 0 Å². The zero-order valence-electron chi connectivity index (χ0n) is 10.8. The summed E-state index contributed by atoms with van der Waals surface area (Å²) in [5, 5.41) is 12.7. The van der Waals surface area contributed by atoms with Crippen LogP contribution in [-0.4, -0.2) is 25.0 Å². The van der Waals surface area contributed by atoms with Gasteiger partial charge in [0.2, 0.25) is 5.91 Å². The van der Waals surface area contributed by atoms with Crippen LogP contribution in [0.2, 0.25) is 5.02 Å². The number of halogens is 1. The first-order valence-corrected chi connectivity index (χ1v) is 6.79. The van der Waals surface area contributed by atoms with Gasteiger partial charge in [-0.3, -0.25) is 4.79 Å². The summed E-state index contributed by atoms with van der Waals surface area (Å²) in [6.07, 6.45) is 1.76. The number of carbonyl (C=O) groups excluding carboxylic acids is 1. The second kappa shape index (κ2) is 6.05. The van der Waals surface area contributed by atoms with Crippen molar-refractivity contribution in [3.8, 4) is 6.07 Å². The highest BCUT2D eigenvalue weighted by Crippen LogP contribution is 2.30. The molecule has 1 heterocycles. The lowest BCUT2D eigenvalue weighted by Gasteiger charge is -2.18. The molecule has 1 N–H and O–H groups in total. The fraction of sp³-hybridized carbons (Fsp3) is 0.429. The Morgan fingerprint density at radius 1 is 1.58 bits per heavy atom. The van der Waals surface area contributed by atoms with Crippen molar-refractivity contribution in [2.45, 2.75) is 25.8 Å². The molecule has 1 aromatic carbocycles. The summed E-state index contributed by atoms with van der Waals surface area (Å²) in [4.78, 5) is 13.9. The van der Waals surface area contributed by atoms with Gasteiger partial charge in [-0.2, -0.15) is 5.26 Å². The van der Waals surface area contributed by atoms with E-state index in [-0.39, 0.29) is 11.9 Å². The Kier molecular flexibility index (Phi) is 4.41. The van der Waals surface area contributed by atoms with E-state index in [0.717, 1.165) is 19.4 Å². The number of nitrogens with zero attached hydrogens (tertiary/aromatic N) is 2. The minimum atomic E-state index is -0.137. The maximum Gasteiger partial charge on any atom is 0.244 e. The van der Waals surface area contributed by atoms with Gasteiger partial charge in [-0.1, -0.05) is 18.5 Å². The molecule has 0 radical (unpaired) electrons. The van der Waals surface area contributed by atoms with E-state index >= 15 is 0 Å². The fourth-order valence-electron chi connectivity index (χ4n) is 2.22. The van der Waals surface area contributed by atoms with Gasteiger partial charge in [-0.05, 0) is 37.6 Å². The molecular weight excluding hydrogens is 262 g/mol. The lowest BCUT2D eigenvalue weighted by molar-refractivity contribution is -0.118. The van der Waals surface area contributed by atoms with Gasteiger partial charge in [0.15, 0.2) is 0 Å². The van der Waals surface area contributed by atoms with E-state index in [9.17, 15) is 4.79 Å². The number of nitrogens with one attached hydrogen (secondary N) is 1. The van der Waals surface area contributed by atoms with Crippen LogP contribution in [0.5, 0.6) is 0 Å². The first-order valence-electron chi connectivity index (χ1n) is 6.41. The molecule has 1 atom stereocenters. The van der Waals surface area contributed by atoms with Crippen LogP contribution < -0.4 is 10.2 Å². The first-order chi connectivity index (χ1) is 9.17. The number of rotatable bonds is 4. The molecule has 1 saturated heterocycles. The zero-order chi connectivity index (χ0) is 13.8. The molecule has 1 aliphatic heterocycles. The standard InChI is InChI=1S/C14H16ClN3O/c1-2-6-17-12-5-7-18(14(12)19)13-8-10(9-16)3-4-11(13)15/h3-4,8,12,17H,2,5-7H2,1H3. The van der Waals surface area contributed by atoms with E-state index in [1.54, 1.807) is 23.1 Å². The average molecular weight is 278 g/mol. The zero-order valence-corrected chi connectivity index (χ0v) is 11.6. The van der Waals surface area contributed by atoms with Crippen LogP contribution in [0.1, 0.15) is 25.3 Å². The first kappa shape index (κ1) is 13.9. The largest absolute Gasteiger partial charge is 0.309 e. The molecule has 0 bridgehead atoms. The van der Waals surface area contributed by atoms with Crippen LogP contribution in [0, 0.1) is 11.3 Å². The maximum atomic E-state index is 12.3. The average Bonchev–Trinajstić information content (AvgIpc) is 2.78. The van der Waals surface area contributed by atoms with Crippen LogP contribution in [0.25, 0.3) is 0 Å². The maximum absolute atomic E-state index is 12.3. The Balaban J connectivity index is 2.20. The molecule has 0 spiro atoms. The number of anilines is 1. The predicted molar refractivity (Wildman–Crippen MR) is 75.2 cm³/mol. The molecule has 19 heavy (non-hydrogen) atoms. The Morgan fingerprint density at radius 2 is 2.37 bits per heavy atom. The Hall–Kier alpha value is -1.57. The van der Waals surface area contributed by atoms with Crippen molar-refractivity contribution in [3.05, 3.63) is 28.8 Å². The fourth-order valence-corrected chi connectivity index (χ4v) is 2.44. The van der Waals surface area contributed by atoms with Crippen molar-refractivity contribution in [2.75, 3.05) is 18.0 Å². The second-order valence-electron chi connectivity index (χ2n) is 4.56. The van der Waals surface area contributed by atoms with E-state index < -0.39 is 0 Å². The monoisotopic (exact) mass is 277 g/mol. The number of carbonyl (C=O) groups is 1. The molecule has 100 valence electrons. The summed E-state index contributed by atoms with van der Waals surface area (Å²) in [7, 11) is 0. The van der Waals surface area contributed by atoms with Gasteiger partial charge < -0.3 is 10.2 Å². The molecule has 4 nitrogen and oxygen atoms in total. The number of hydrogen-bond acceptors (Lipinski definition) is 3. The van der Waals surface area contributed by atoms with Crippen molar-refractivity contribution in [2.24, 2.45) is 0 Å². The van der Waals surface area contributed by atoms with E-state index in [4.69, 9.17) is 16.9 Å². The van der Waals surface area contributed by atoms with Crippen LogP contribution in [0.15, 0.2) is 18.2 Å². The van der Waals surface area contributed by atoms with E-state index in [1.807, 2.05) is 0 Å². The normalized spacial score (nSPS) is 18.7. The highest BCUT2D eigenvalue weighted by atomic mass is 35.5. The molecule has 0 saturated carbocycles. The SMILES string of the molecule is CCCNC1CCN(c2cc(C#N)ccc2Cl)C1=O. The molecule has 0 aliphatic carbocycles. The lowest BCUT2D eigenvalue weighted by atomic mass is 10.2. The van der Waals surface area contributed by atoms with Crippen LogP contribution in [-0.2, 0) is 4.79 Å². The summed E-state index contributed by atoms with van der Waals surface area (Å²) in [6.45, 7) is 3.53. The number of amides is 1. The summed E-state index contributed by atoms with van der Waals surface area (Å²) in [5.41, 5.74) is 1.14. The number of benzene rings is 1. The summed E-state index contributed by atoms with van der Waals surface area (Å²) in [5.74, 6) is 0.0328. The van der Waals surface area contributed by atoms with Gasteiger partial charge in [0.05, 0.1) is 28.4 Å². The molecule has 2 rings (SSSR count). The summed E-state index contributed by atoms with van der Waals surface area (Å²) < 4.78 is 0. The third kappa shape index (κ3) is 2.89. The topological polar surface area (TPSA) is 56.1 Å². The molecule has 5 heteroatoms. The summed E-state index contributed by atoms with van der Waals surface area (Å²) in [6, 6.07) is 6.91. The Labute approximate surface area is 118 Å². The highest BCUT2D eigenvalue weighted by Gasteiger charge is 2.32. The van der Waals surface area contributed by atoms with E-state index in [1.165, 1.54) is 0 Å². The molecule has 1 unspecified atom stereocenters. The van der Waals surface area contributed by atoms with Crippen molar-refractivity contribution < 1.29 is 4.79 Å². The Morgan fingerprint density at radius 3 is 3.05 bits per heavy atom. The molecule has 1 aromatic rings. The van der Waals surface area contributed by atoms with Gasteiger partial charge in [-0.15, -0.1) is 0 Å². The third-order valence-electron chi connectivity index (χ3n) is 3.21. The van der Waals surface area contributed by atoms with Crippen LogP contribution in [0.4, 0.5) is 5.69 Å². The number of hydrogen-bond donors (Lipinski definition) is 1. The smallest absolute Gasteiger partial charge is 0.244 e. The quantitative estimate of drug-likeness (QED) is 0.919. The van der Waals surface area contributed by atoms with Crippen LogP contribution in [0.3, 0.4) is 0 Å². The molecule has 1 aliphatic rings. The van der Waals surface area contributed by atoms with Crippen LogP contribution >= 0.6 is 11.6 Å². The van der Waals surface area contributed by atoms with Gasteiger partial charge >= 0.3 is 0 Å². The lowest BCUT2D eigenvalue weighted by Crippen LogP contribution is -2.38. The predicted octanol–water partition coefficient (Wildman–Crippen LogP) is 2.32. The number of nitriles is 1. The second-order valence-corrected chi connectivity index (χ2v) is 4.97. The van der Waals surface area contributed by atoms with Gasteiger partial charge in [0, 0.05) is 6.54 Å². The van der Waals surface area contributed by atoms with Crippen molar-refractivity contribution >= 4 is 23.2 Å². The van der Waals surface area contributed by atoms with E-state index in [0.29, 0.717) is 22.8 Å². The van der Waals surface area contributed by atoms with Crippen molar-refractivity contribution in [1.82, 2.24) is 5.32 Å². The summed E-state index contributed by atoms with van der Waals surface area (Å²) >= 11 is 6.13. The third-order valence-corrected chi connectivity index (χ3v) is 3.53. The van der Waals surface area contributed by atoms with Crippen molar-refractivity contribution in [3.63, 3.8) is 0 Å². The Bertz CT molecular complexity index is 524. The molecule has 0 aromatic heterocycles. The molecule has 1 amide bonds.